The van der Waals surface area contributed by atoms with Crippen molar-refractivity contribution in [2.75, 3.05) is 0 Å². The Labute approximate surface area is 115 Å². The Bertz CT molecular complexity index is 360. The molecule has 18 heavy (non-hydrogen) atoms. The van der Waals surface area contributed by atoms with Gasteiger partial charge in [0.2, 0.25) is 0 Å². The second-order valence-corrected chi connectivity index (χ2v) is 5.24. The summed E-state index contributed by atoms with van der Waals surface area (Å²) in [5.74, 6) is -0.235. The molecule has 0 aromatic heterocycles. The van der Waals surface area contributed by atoms with Gasteiger partial charge in [0.15, 0.2) is 0 Å². The molecule has 1 rings (SSSR count). The van der Waals surface area contributed by atoms with Crippen LogP contribution < -0.4 is 5.73 Å². The van der Waals surface area contributed by atoms with Crippen molar-refractivity contribution in [2.24, 2.45) is 5.73 Å². The van der Waals surface area contributed by atoms with Crippen molar-refractivity contribution in [1.29, 1.82) is 0 Å². The molecule has 2 N–H and O–H groups in total. The third-order valence-corrected chi connectivity index (χ3v) is 2.19. The highest BCUT2D eigenvalue weighted by Crippen LogP contribution is 2.10. The highest BCUT2D eigenvalue weighted by atomic mass is 35.5. The third kappa shape index (κ3) is 7.30. The first kappa shape index (κ1) is 16.9. The summed E-state index contributed by atoms with van der Waals surface area (Å²) >= 11 is 0. The molecule has 1 atom stereocenters. The minimum atomic E-state index is -0.441. The SMILES string of the molecule is CC(C)(C)OC(=O)C[C@@H](N)Cc1ccccc1.Cl. The Kier molecular flexibility index (Phi) is 6.96. The Hall–Kier alpha value is -1.06. The standard InChI is InChI=1S/C14H21NO2.ClH/c1-14(2,3)17-13(16)10-12(15)9-11-7-5-4-6-8-11;/h4-8,12H,9-10,15H2,1-3H3;1H/t12-;/m0./s1. The van der Waals surface area contributed by atoms with E-state index in [0.717, 1.165) is 5.56 Å². The van der Waals surface area contributed by atoms with Crippen LogP contribution in [-0.4, -0.2) is 17.6 Å². The molecule has 0 bridgehead atoms. The smallest absolute Gasteiger partial charge is 0.307 e. The van der Waals surface area contributed by atoms with Crippen molar-refractivity contribution in [3.05, 3.63) is 35.9 Å². The summed E-state index contributed by atoms with van der Waals surface area (Å²) in [4.78, 5) is 11.6. The number of carbonyl (C=O) groups excluding carboxylic acids is 1. The largest absolute Gasteiger partial charge is 0.460 e. The van der Waals surface area contributed by atoms with Gasteiger partial charge in [0.05, 0.1) is 6.42 Å². The first-order valence-electron chi connectivity index (χ1n) is 5.88. The number of rotatable bonds is 4. The lowest BCUT2D eigenvalue weighted by molar-refractivity contribution is -0.155. The summed E-state index contributed by atoms with van der Waals surface area (Å²) in [7, 11) is 0. The van der Waals surface area contributed by atoms with Crippen LogP contribution in [0.3, 0.4) is 0 Å². The highest BCUT2D eigenvalue weighted by Gasteiger charge is 2.18. The number of esters is 1. The van der Waals surface area contributed by atoms with Gasteiger partial charge < -0.3 is 10.5 Å². The van der Waals surface area contributed by atoms with E-state index in [4.69, 9.17) is 10.5 Å². The molecule has 0 spiro atoms. The summed E-state index contributed by atoms with van der Waals surface area (Å²) < 4.78 is 5.23. The second kappa shape index (κ2) is 7.39. The molecule has 0 heterocycles. The molecule has 3 nitrogen and oxygen atoms in total. The van der Waals surface area contributed by atoms with Gasteiger partial charge in [0.1, 0.15) is 5.60 Å². The number of halogens is 1. The molecule has 0 saturated carbocycles. The zero-order valence-electron chi connectivity index (χ0n) is 11.2. The Balaban J connectivity index is 0.00000289. The zero-order chi connectivity index (χ0) is 12.9. The molecular weight excluding hydrogens is 250 g/mol. The molecule has 0 aliphatic rings. The predicted octanol–water partition coefficient (Wildman–Crippen LogP) is 2.71. The van der Waals surface area contributed by atoms with Crippen molar-refractivity contribution < 1.29 is 9.53 Å². The zero-order valence-corrected chi connectivity index (χ0v) is 12.0. The van der Waals surface area contributed by atoms with Crippen LogP contribution in [-0.2, 0) is 16.0 Å². The summed E-state index contributed by atoms with van der Waals surface area (Å²) in [5.41, 5.74) is 6.63. The molecule has 0 aliphatic heterocycles. The lowest BCUT2D eigenvalue weighted by Crippen LogP contribution is -2.31. The van der Waals surface area contributed by atoms with E-state index in [1.165, 1.54) is 0 Å². The van der Waals surface area contributed by atoms with Gasteiger partial charge in [-0.05, 0) is 32.8 Å². The van der Waals surface area contributed by atoms with Crippen LogP contribution >= 0.6 is 12.4 Å². The molecule has 0 amide bonds. The summed E-state index contributed by atoms with van der Waals surface area (Å²) in [6.45, 7) is 5.56. The van der Waals surface area contributed by atoms with Gasteiger partial charge in [-0.15, -0.1) is 12.4 Å². The molecule has 1 aromatic rings. The van der Waals surface area contributed by atoms with E-state index in [0.29, 0.717) is 6.42 Å². The van der Waals surface area contributed by atoms with E-state index in [1.54, 1.807) is 0 Å². The van der Waals surface area contributed by atoms with Crippen LogP contribution in [0.4, 0.5) is 0 Å². The number of nitrogens with two attached hydrogens (primary N) is 1. The lowest BCUT2D eigenvalue weighted by Gasteiger charge is -2.20. The minimum Gasteiger partial charge on any atom is -0.460 e. The average molecular weight is 272 g/mol. The summed E-state index contributed by atoms with van der Waals surface area (Å²) in [6.07, 6.45) is 0.951. The first-order valence-corrected chi connectivity index (χ1v) is 5.88. The molecule has 0 unspecified atom stereocenters. The minimum absolute atomic E-state index is 0. The van der Waals surface area contributed by atoms with E-state index in [-0.39, 0.29) is 30.8 Å². The van der Waals surface area contributed by atoms with Crippen molar-refractivity contribution in [1.82, 2.24) is 0 Å². The quantitative estimate of drug-likeness (QED) is 0.857. The second-order valence-electron chi connectivity index (χ2n) is 5.24. The van der Waals surface area contributed by atoms with Gasteiger partial charge in [-0.3, -0.25) is 4.79 Å². The van der Waals surface area contributed by atoms with E-state index < -0.39 is 5.60 Å². The molecule has 0 radical (unpaired) electrons. The van der Waals surface area contributed by atoms with Gasteiger partial charge in [0.25, 0.3) is 0 Å². The van der Waals surface area contributed by atoms with Crippen LogP contribution in [0, 0.1) is 0 Å². The predicted molar refractivity (Wildman–Crippen MR) is 75.8 cm³/mol. The van der Waals surface area contributed by atoms with E-state index in [9.17, 15) is 4.79 Å². The summed E-state index contributed by atoms with van der Waals surface area (Å²) in [5, 5.41) is 0. The van der Waals surface area contributed by atoms with E-state index >= 15 is 0 Å². The summed E-state index contributed by atoms with van der Waals surface area (Å²) in [6, 6.07) is 9.73. The lowest BCUT2D eigenvalue weighted by atomic mass is 10.0. The Morgan fingerprint density at radius 2 is 1.83 bits per heavy atom. The van der Waals surface area contributed by atoms with Crippen molar-refractivity contribution in [3.8, 4) is 0 Å². The molecule has 102 valence electrons. The number of hydrogen-bond acceptors (Lipinski definition) is 3. The van der Waals surface area contributed by atoms with Crippen molar-refractivity contribution in [2.45, 2.75) is 45.3 Å². The van der Waals surface area contributed by atoms with Gasteiger partial charge in [-0.2, -0.15) is 0 Å². The van der Waals surface area contributed by atoms with Crippen LogP contribution in [0.15, 0.2) is 30.3 Å². The average Bonchev–Trinajstić information content (AvgIpc) is 2.15. The molecule has 0 aliphatic carbocycles. The molecule has 1 aromatic carbocycles. The van der Waals surface area contributed by atoms with Crippen LogP contribution in [0.1, 0.15) is 32.8 Å². The van der Waals surface area contributed by atoms with Gasteiger partial charge >= 0.3 is 5.97 Å². The maximum Gasteiger partial charge on any atom is 0.307 e. The molecule has 0 saturated heterocycles. The van der Waals surface area contributed by atoms with Gasteiger partial charge in [0, 0.05) is 6.04 Å². The molecule has 0 fully saturated rings. The van der Waals surface area contributed by atoms with Gasteiger partial charge in [-0.25, -0.2) is 0 Å². The van der Waals surface area contributed by atoms with Crippen LogP contribution in [0.25, 0.3) is 0 Å². The Morgan fingerprint density at radius 3 is 2.33 bits per heavy atom. The number of carbonyl (C=O) groups is 1. The monoisotopic (exact) mass is 271 g/mol. The first-order chi connectivity index (χ1) is 7.87. The Morgan fingerprint density at radius 1 is 1.28 bits per heavy atom. The third-order valence-electron chi connectivity index (χ3n) is 2.19. The van der Waals surface area contributed by atoms with Crippen molar-refractivity contribution in [3.63, 3.8) is 0 Å². The maximum atomic E-state index is 11.6. The normalized spacial score (nSPS) is 12.4. The van der Waals surface area contributed by atoms with Gasteiger partial charge in [-0.1, -0.05) is 30.3 Å². The fourth-order valence-electron chi connectivity index (χ4n) is 1.59. The van der Waals surface area contributed by atoms with Crippen molar-refractivity contribution >= 4 is 18.4 Å². The molecule has 4 heteroatoms. The topological polar surface area (TPSA) is 52.3 Å². The van der Waals surface area contributed by atoms with E-state index in [2.05, 4.69) is 0 Å². The van der Waals surface area contributed by atoms with Crippen LogP contribution in [0.5, 0.6) is 0 Å². The van der Waals surface area contributed by atoms with Crippen LogP contribution in [0.2, 0.25) is 0 Å². The number of hydrogen-bond donors (Lipinski definition) is 1. The molecular formula is C14H22ClNO2. The fourth-order valence-corrected chi connectivity index (χ4v) is 1.59. The number of benzene rings is 1. The highest BCUT2D eigenvalue weighted by molar-refractivity contribution is 5.85. The number of ether oxygens (including phenoxy) is 1. The van der Waals surface area contributed by atoms with E-state index in [1.807, 2.05) is 51.1 Å². The maximum absolute atomic E-state index is 11.6. The fraction of sp³-hybridized carbons (Fsp3) is 0.500.